The molecule has 6 nitrogen and oxygen atoms in total. The first-order chi connectivity index (χ1) is 11.5. The van der Waals surface area contributed by atoms with Gasteiger partial charge in [0, 0.05) is 49.8 Å². The second-order valence-corrected chi connectivity index (χ2v) is 7.01. The molecule has 0 aromatic carbocycles. The summed E-state index contributed by atoms with van der Waals surface area (Å²) in [5, 5.41) is 4.13. The van der Waals surface area contributed by atoms with E-state index in [0.29, 0.717) is 18.9 Å². The normalized spacial score (nSPS) is 19.7. The average molecular weight is 330 g/mol. The van der Waals surface area contributed by atoms with Crippen LogP contribution in [0.15, 0.2) is 29.0 Å². The highest BCUT2D eigenvalue weighted by molar-refractivity contribution is 5.76. The number of carbonyl (C=O) groups is 1. The number of aromatic nitrogens is 3. The number of nitrogens with zero attached hydrogens (tertiary/aromatic N) is 4. The average Bonchev–Trinajstić information content (AvgIpc) is 3.26. The molecule has 1 aliphatic heterocycles. The molecule has 0 N–H and O–H groups in total. The third-order valence-corrected chi connectivity index (χ3v) is 4.70. The van der Waals surface area contributed by atoms with Gasteiger partial charge in [0.1, 0.15) is 0 Å². The van der Waals surface area contributed by atoms with Crippen molar-refractivity contribution in [2.45, 2.75) is 57.9 Å². The highest BCUT2D eigenvalue weighted by atomic mass is 16.5. The smallest absolute Gasteiger partial charge is 0.229 e. The van der Waals surface area contributed by atoms with Crippen LogP contribution in [0.25, 0.3) is 0 Å². The van der Waals surface area contributed by atoms with Crippen LogP contribution >= 0.6 is 0 Å². The molecule has 0 saturated carbocycles. The molecule has 0 spiro atoms. The van der Waals surface area contributed by atoms with Gasteiger partial charge in [-0.2, -0.15) is 4.98 Å². The molecular formula is C18H26N4O2. The fourth-order valence-electron chi connectivity index (χ4n) is 3.19. The first-order valence-corrected chi connectivity index (χ1v) is 8.78. The van der Waals surface area contributed by atoms with E-state index < -0.39 is 0 Å². The molecule has 0 aliphatic carbocycles. The van der Waals surface area contributed by atoms with Gasteiger partial charge in [-0.3, -0.25) is 4.79 Å². The van der Waals surface area contributed by atoms with Crippen LogP contribution in [0.2, 0.25) is 0 Å². The van der Waals surface area contributed by atoms with Crippen molar-refractivity contribution in [2.75, 3.05) is 13.1 Å². The highest BCUT2D eigenvalue weighted by Gasteiger charge is 2.28. The number of rotatable bonds is 5. The first kappa shape index (κ1) is 16.7. The molecule has 1 aliphatic rings. The molecule has 24 heavy (non-hydrogen) atoms. The third-order valence-electron chi connectivity index (χ3n) is 4.70. The molecule has 0 bridgehead atoms. The quantitative estimate of drug-likeness (QED) is 0.843. The molecule has 0 unspecified atom stereocenters. The van der Waals surface area contributed by atoms with Gasteiger partial charge in [-0.25, -0.2) is 0 Å². The first-order valence-electron chi connectivity index (χ1n) is 8.78. The van der Waals surface area contributed by atoms with E-state index in [4.69, 9.17) is 4.52 Å². The summed E-state index contributed by atoms with van der Waals surface area (Å²) in [6.45, 7) is 7.66. The van der Waals surface area contributed by atoms with Crippen molar-refractivity contribution in [1.29, 1.82) is 0 Å². The molecule has 1 saturated heterocycles. The summed E-state index contributed by atoms with van der Waals surface area (Å²) < 4.78 is 7.40. The lowest BCUT2D eigenvalue weighted by Crippen LogP contribution is -2.40. The Labute approximate surface area is 142 Å². The summed E-state index contributed by atoms with van der Waals surface area (Å²) in [5.41, 5.74) is 0. The van der Waals surface area contributed by atoms with Gasteiger partial charge in [-0.1, -0.05) is 19.0 Å². The Morgan fingerprint density at radius 2 is 2.08 bits per heavy atom. The van der Waals surface area contributed by atoms with Crippen molar-refractivity contribution in [3.05, 3.63) is 36.2 Å². The molecule has 1 fully saturated rings. The Hall–Kier alpha value is -2.11. The van der Waals surface area contributed by atoms with Gasteiger partial charge < -0.3 is 14.0 Å². The minimum atomic E-state index is 0.172. The summed E-state index contributed by atoms with van der Waals surface area (Å²) in [7, 11) is 0. The number of piperidine rings is 1. The second-order valence-electron chi connectivity index (χ2n) is 7.01. The standard InChI is InChI=1S/C18H26N4O2/c1-13(2)18-19-17(20-24-18)15-7-6-10-22(12-15)16(23)11-14(3)21-8-4-5-9-21/h4-5,8-9,13-15H,6-7,10-12H2,1-3H3/t14-,15-/m0/s1. The summed E-state index contributed by atoms with van der Waals surface area (Å²) in [4.78, 5) is 19.1. The van der Waals surface area contributed by atoms with Crippen molar-refractivity contribution in [2.24, 2.45) is 0 Å². The van der Waals surface area contributed by atoms with Gasteiger partial charge in [-0.15, -0.1) is 0 Å². The Balaban J connectivity index is 1.61. The monoisotopic (exact) mass is 330 g/mol. The zero-order chi connectivity index (χ0) is 17.1. The van der Waals surface area contributed by atoms with E-state index in [9.17, 15) is 4.79 Å². The summed E-state index contributed by atoms with van der Waals surface area (Å²) in [5.74, 6) is 2.04. The van der Waals surface area contributed by atoms with E-state index >= 15 is 0 Å². The van der Waals surface area contributed by atoms with Crippen LogP contribution in [-0.2, 0) is 4.79 Å². The summed E-state index contributed by atoms with van der Waals surface area (Å²) in [6, 6.07) is 4.14. The lowest BCUT2D eigenvalue weighted by molar-refractivity contribution is -0.133. The van der Waals surface area contributed by atoms with Crippen molar-refractivity contribution >= 4 is 5.91 Å². The predicted molar refractivity (Wildman–Crippen MR) is 90.7 cm³/mol. The largest absolute Gasteiger partial charge is 0.351 e. The zero-order valence-corrected chi connectivity index (χ0v) is 14.7. The van der Waals surface area contributed by atoms with Crippen molar-refractivity contribution in [1.82, 2.24) is 19.6 Å². The Kier molecular flexibility index (Phi) is 5.02. The number of amides is 1. The van der Waals surface area contributed by atoms with Gasteiger partial charge in [-0.05, 0) is 31.9 Å². The number of hydrogen-bond acceptors (Lipinski definition) is 4. The lowest BCUT2D eigenvalue weighted by Gasteiger charge is -2.32. The van der Waals surface area contributed by atoms with E-state index in [2.05, 4.69) is 21.6 Å². The molecule has 6 heteroatoms. The van der Waals surface area contributed by atoms with Gasteiger partial charge in [0.05, 0.1) is 0 Å². The van der Waals surface area contributed by atoms with Crippen LogP contribution in [0.4, 0.5) is 0 Å². The zero-order valence-electron chi connectivity index (χ0n) is 14.7. The maximum absolute atomic E-state index is 12.6. The molecule has 130 valence electrons. The van der Waals surface area contributed by atoms with Gasteiger partial charge >= 0.3 is 0 Å². The SMILES string of the molecule is CC(C)c1nc([C@H]2CCCN(C(=O)C[C@H](C)n3cccc3)C2)no1. The van der Waals surface area contributed by atoms with Gasteiger partial charge in [0.2, 0.25) is 11.8 Å². The van der Waals surface area contributed by atoms with E-state index in [-0.39, 0.29) is 23.8 Å². The summed E-state index contributed by atoms with van der Waals surface area (Å²) >= 11 is 0. The minimum Gasteiger partial charge on any atom is -0.351 e. The molecule has 3 rings (SSSR count). The van der Waals surface area contributed by atoms with Gasteiger partial charge in [0.25, 0.3) is 0 Å². The lowest BCUT2D eigenvalue weighted by atomic mass is 9.97. The Bertz CT molecular complexity index is 662. The predicted octanol–water partition coefficient (Wildman–Crippen LogP) is 3.35. The fourth-order valence-corrected chi connectivity index (χ4v) is 3.19. The summed E-state index contributed by atoms with van der Waals surface area (Å²) in [6.07, 6.45) is 6.52. The van der Waals surface area contributed by atoms with Crippen LogP contribution in [0, 0.1) is 0 Å². The molecule has 0 radical (unpaired) electrons. The van der Waals surface area contributed by atoms with Crippen molar-refractivity contribution in [3.63, 3.8) is 0 Å². The fraction of sp³-hybridized carbons (Fsp3) is 0.611. The highest BCUT2D eigenvalue weighted by Crippen LogP contribution is 2.27. The molecular weight excluding hydrogens is 304 g/mol. The van der Waals surface area contributed by atoms with Crippen molar-refractivity contribution in [3.8, 4) is 0 Å². The van der Waals surface area contributed by atoms with E-state index in [0.717, 1.165) is 25.2 Å². The van der Waals surface area contributed by atoms with E-state index in [1.54, 1.807) is 0 Å². The minimum absolute atomic E-state index is 0.172. The van der Waals surface area contributed by atoms with E-state index in [1.165, 1.54) is 0 Å². The van der Waals surface area contributed by atoms with Crippen molar-refractivity contribution < 1.29 is 9.32 Å². The van der Waals surface area contributed by atoms with E-state index in [1.807, 2.05) is 43.3 Å². The maximum atomic E-state index is 12.6. The van der Waals surface area contributed by atoms with Crippen LogP contribution in [0.3, 0.4) is 0 Å². The topological polar surface area (TPSA) is 64.2 Å². The molecule has 2 aromatic rings. The second kappa shape index (κ2) is 7.20. The van der Waals surface area contributed by atoms with Crippen LogP contribution < -0.4 is 0 Å². The number of hydrogen-bond donors (Lipinski definition) is 0. The Morgan fingerprint density at radius 1 is 1.33 bits per heavy atom. The molecule has 2 atom stereocenters. The molecule has 1 amide bonds. The maximum Gasteiger partial charge on any atom is 0.229 e. The number of carbonyl (C=O) groups excluding carboxylic acids is 1. The molecule has 2 aromatic heterocycles. The van der Waals surface area contributed by atoms with Gasteiger partial charge in [0.15, 0.2) is 5.82 Å². The third kappa shape index (κ3) is 3.68. The van der Waals surface area contributed by atoms with Crippen LogP contribution in [0.1, 0.15) is 69.6 Å². The van der Waals surface area contributed by atoms with Crippen LogP contribution in [-0.4, -0.2) is 38.6 Å². The van der Waals surface area contributed by atoms with Crippen LogP contribution in [0.5, 0.6) is 0 Å². The molecule has 3 heterocycles. The Morgan fingerprint density at radius 3 is 2.75 bits per heavy atom. The number of likely N-dealkylation sites (tertiary alicyclic amines) is 1.